The molecule has 0 fully saturated rings. The molecule has 3 aromatic carbocycles. The number of benzene rings is 3. The van der Waals surface area contributed by atoms with Gasteiger partial charge in [-0.1, -0.05) is 53.0 Å². The van der Waals surface area contributed by atoms with Crippen LogP contribution in [0, 0.1) is 12.8 Å². The van der Waals surface area contributed by atoms with Gasteiger partial charge in [0.1, 0.15) is 0 Å². The summed E-state index contributed by atoms with van der Waals surface area (Å²) in [5.74, 6) is -1.65. The predicted octanol–water partition coefficient (Wildman–Crippen LogP) is 6.61. The molecule has 1 N–H and O–H groups in total. The number of carbonyl (C=O) groups is 1. The third-order valence-electron chi connectivity index (χ3n) is 6.34. The van der Waals surface area contributed by atoms with Gasteiger partial charge in [-0.3, -0.25) is 14.7 Å². The lowest BCUT2D eigenvalue weighted by Gasteiger charge is -2.24. The van der Waals surface area contributed by atoms with Crippen LogP contribution in [0.15, 0.2) is 82.7 Å². The summed E-state index contributed by atoms with van der Waals surface area (Å²) >= 11 is 18.7. The molecule has 0 saturated carbocycles. The van der Waals surface area contributed by atoms with Crippen LogP contribution in [0.3, 0.4) is 0 Å². The fraction of sp³-hybridized carbons (Fsp3) is 0.148. The Balaban J connectivity index is 1.66. The van der Waals surface area contributed by atoms with Gasteiger partial charge in [0.15, 0.2) is 0 Å². The van der Waals surface area contributed by atoms with Gasteiger partial charge in [0.2, 0.25) is 0 Å². The van der Waals surface area contributed by atoms with Crippen molar-refractivity contribution in [3.8, 4) is 5.69 Å². The minimum absolute atomic E-state index is 0.252. The van der Waals surface area contributed by atoms with Crippen LogP contribution in [0.25, 0.3) is 5.69 Å². The van der Waals surface area contributed by atoms with E-state index >= 15 is 0 Å². The summed E-state index contributed by atoms with van der Waals surface area (Å²) in [5, 5.41) is 10.7. The molecule has 5 rings (SSSR count). The molecule has 0 unspecified atom stereocenters. The Morgan fingerprint density at radius 1 is 0.833 bits per heavy atom. The molecule has 9 heteroatoms. The molecule has 1 aliphatic rings. The van der Waals surface area contributed by atoms with Crippen molar-refractivity contribution in [3.63, 3.8) is 0 Å². The number of rotatable bonds is 5. The number of nitrogens with one attached hydrogen (secondary N) is 1. The number of amides is 1. The van der Waals surface area contributed by atoms with Gasteiger partial charge in [-0.05, 0) is 74.0 Å². The van der Waals surface area contributed by atoms with Gasteiger partial charge in [0, 0.05) is 38.0 Å². The van der Waals surface area contributed by atoms with Crippen LogP contribution in [-0.2, 0) is 4.79 Å². The summed E-state index contributed by atoms with van der Waals surface area (Å²) in [6.07, 6.45) is 0. The summed E-state index contributed by atoms with van der Waals surface area (Å²) in [6, 6.07) is 21.1. The molecule has 1 aromatic heterocycles. The third kappa shape index (κ3) is 4.26. The predicted molar refractivity (Wildman–Crippen MR) is 145 cm³/mol. The first-order chi connectivity index (χ1) is 17.3. The zero-order chi connectivity index (χ0) is 25.6. The molecular formula is C27H21Cl3N4O2. The van der Waals surface area contributed by atoms with Crippen LogP contribution in [0.1, 0.15) is 29.7 Å². The van der Waals surface area contributed by atoms with Gasteiger partial charge in [-0.2, -0.15) is 5.10 Å². The molecule has 0 radical (unpaired) electrons. The highest BCUT2D eigenvalue weighted by Crippen LogP contribution is 2.41. The maximum absolute atomic E-state index is 13.8. The number of anilines is 1. The van der Waals surface area contributed by atoms with Crippen molar-refractivity contribution in [3.05, 3.63) is 115 Å². The zero-order valence-corrected chi connectivity index (χ0v) is 21.6. The van der Waals surface area contributed by atoms with Crippen LogP contribution in [-0.4, -0.2) is 21.4 Å². The molecule has 1 amide bonds. The van der Waals surface area contributed by atoms with Crippen molar-refractivity contribution in [1.82, 2.24) is 9.78 Å². The second-order valence-corrected chi connectivity index (χ2v) is 9.89. The quantitative estimate of drug-likeness (QED) is 0.310. The first kappa shape index (κ1) is 24.4. The van der Waals surface area contributed by atoms with Crippen molar-refractivity contribution in [2.45, 2.75) is 19.8 Å². The van der Waals surface area contributed by atoms with E-state index in [4.69, 9.17) is 34.8 Å². The normalized spacial score (nSPS) is 16.4. The Bertz CT molecular complexity index is 1540. The highest BCUT2D eigenvalue weighted by molar-refractivity contribution is 6.32. The molecule has 0 aliphatic carbocycles. The van der Waals surface area contributed by atoms with E-state index in [-0.39, 0.29) is 11.5 Å². The Morgan fingerprint density at radius 2 is 1.42 bits per heavy atom. The highest BCUT2D eigenvalue weighted by atomic mass is 35.5. The molecule has 6 nitrogen and oxygen atoms in total. The summed E-state index contributed by atoms with van der Waals surface area (Å²) in [4.78, 5) is 27.7. The molecule has 36 heavy (non-hydrogen) atoms. The molecular weight excluding hydrogens is 519 g/mol. The van der Waals surface area contributed by atoms with E-state index in [1.165, 1.54) is 9.69 Å². The van der Waals surface area contributed by atoms with E-state index in [0.717, 1.165) is 0 Å². The number of aryl methyl sites for hydroxylation is 1. The van der Waals surface area contributed by atoms with Crippen molar-refractivity contribution in [2.75, 3.05) is 5.01 Å². The SMILES string of the molecule is CC1=NN(c2ccc(Cl)cc2)C(=O)[C@@H]1[C@@H](c1ccccc1Cl)c1c(C)[nH]n(-c2ccc(Cl)cc2)c1=O. The van der Waals surface area contributed by atoms with E-state index < -0.39 is 11.8 Å². The van der Waals surface area contributed by atoms with Crippen LogP contribution < -0.4 is 10.6 Å². The van der Waals surface area contributed by atoms with Gasteiger partial charge in [0.25, 0.3) is 11.5 Å². The van der Waals surface area contributed by atoms with Crippen molar-refractivity contribution in [2.24, 2.45) is 11.0 Å². The molecule has 0 bridgehead atoms. The van der Waals surface area contributed by atoms with Crippen LogP contribution in [0.2, 0.25) is 15.1 Å². The maximum Gasteiger partial charge on any atom is 0.275 e. The fourth-order valence-electron chi connectivity index (χ4n) is 4.66. The summed E-state index contributed by atoms with van der Waals surface area (Å²) in [6.45, 7) is 3.61. The fourth-order valence-corrected chi connectivity index (χ4v) is 5.16. The molecule has 0 saturated heterocycles. The van der Waals surface area contributed by atoms with E-state index in [1.54, 1.807) is 61.5 Å². The number of hydrogen-bond donors (Lipinski definition) is 1. The number of nitrogens with zero attached hydrogens (tertiary/aromatic N) is 3. The summed E-state index contributed by atoms with van der Waals surface area (Å²) < 4.78 is 1.45. The molecule has 0 spiro atoms. The number of carbonyl (C=O) groups excluding carboxylic acids is 1. The highest BCUT2D eigenvalue weighted by Gasteiger charge is 2.44. The molecule has 182 valence electrons. The Hall–Kier alpha value is -3.32. The average molecular weight is 540 g/mol. The van der Waals surface area contributed by atoms with Gasteiger partial charge in [0.05, 0.1) is 17.3 Å². The molecule has 1 aliphatic heterocycles. The largest absolute Gasteiger partial charge is 0.295 e. The van der Waals surface area contributed by atoms with Crippen LogP contribution >= 0.6 is 34.8 Å². The van der Waals surface area contributed by atoms with E-state index in [2.05, 4.69) is 10.2 Å². The lowest BCUT2D eigenvalue weighted by Crippen LogP contribution is -2.34. The van der Waals surface area contributed by atoms with Crippen molar-refractivity contribution < 1.29 is 4.79 Å². The number of hydrogen-bond acceptors (Lipinski definition) is 3. The number of halogens is 3. The number of hydrazone groups is 1. The number of H-pyrrole nitrogens is 1. The molecule has 2 heterocycles. The van der Waals surface area contributed by atoms with Crippen LogP contribution in [0.4, 0.5) is 5.69 Å². The monoisotopic (exact) mass is 538 g/mol. The van der Waals surface area contributed by atoms with E-state index in [0.29, 0.717) is 49.0 Å². The van der Waals surface area contributed by atoms with Crippen LogP contribution in [0.5, 0.6) is 0 Å². The minimum Gasteiger partial charge on any atom is -0.295 e. The zero-order valence-electron chi connectivity index (χ0n) is 19.4. The first-order valence-corrected chi connectivity index (χ1v) is 12.4. The lowest BCUT2D eigenvalue weighted by atomic mass is 9.78. The number of aromatic amines is 1. The van der Waals surface area contributed by atoms with Crippen molar-refractivity contribution >= 4 is 52.1 Å². The first-order valence-electron chi connectivity index (χ1n) is 11.2. The smallest absolute Gasteiger partial charge is 0.275 e. The van der Waals surface area contributed by atoms with Gasteiger partial charge in [-0.25, -0.2) is 9.69 Å². The number of aromatic nitrogens is 2. The second-order valence-electron chi connectivity index (χ2n) is 8.61. The lowest BCUT2D eigenvalue weighted by molar-refractivity contribution is -0.120. The Morgan fingerprint density at radius 3 is 2.03 bits per heavy atom. The van der Waals surface area contributed by atoms with Gasteiger partial charge >= 0.3 is 0 Å². The van der Waals surface area contributed by atoms with Gasteiger partial charge in [-0.15, -0.1) is 0 Å². The minimum atomic E-state index is -0.735. The topological polar surface area (TPSA) is 70.5 Å². The second kappa shape index (κ2) is 9.62. The molecule has 2 atom stereocenters. The van der Waals surface area contributed by atoms with Gasteiger partial charge < -0.3 is 0 Å². The Labute approximate surface area is 222 Å². The standard InChI is InChI=1S/C27H21Cl3N4O2/c1-15-23(26(35)33(31-15)19-11-7-17(28)8-12-19)25(21-5-3-4-6-22(21)30)24-16(2)32-34(27(24)36)20-13-9-18(29)10-14-20/h3-14,23,25,32H,1-2H3/t23-,25+/m0/s1. The third-order valence-corrected chi connectivity index (χ3v) is 7.19. The maximum atomic E-state index is 13.8. The molecule has 4 aromatic rings. The van der Waals surface area contributed by atoms with E-state index in [1.807, 2.05) is 25.1 Å². The average Bonchev–Trinajstić information content (AvgIpc) is 3.32. The van der Waals surface area contributed by atoms with E-state index in [9.17, 15) is 9.59 Å². The summed E-state index contributed by atoms with van der Waals surface area (Å²) in [5.41, 5.74) is 3.28. The Kier molecular flexibility index (Phi) is 6.51. The van der Waals surface area contributed by atoms with Crippen molar-refractivity contribution in [1.29, 1.82) is 0 Å². The summed E-state index contributed by atoms with van der Waals surface area (Å²) in [7, 11) is 0.